The van der Waals surface area contributed by atoms with E-state index >= 15 is 0 Å². The van der Waals surface area contributed by atoms with Crippen molar-refractivity contribution >= 4 is 5.91 Å². The molecule has 1 atom stereocenters. The highest BCUT2D eigenvalue weighted by Crippen LogP contribution is 2.34. The SMILES string of the molecule is COCC1CN(C(=O)c2ncccc2C)CCC1(F)F. The molecular formula is C14H18F2N2O2. The Balaban J connectivity index is 2.14. The minimum Gasteiger partial charge on any atom is -0.384 e. The van der Waals surface area contributed by atoms with Crippen molar-refractivity contribution in [3.8, 4) is 0 Å². The van der Waals surface area contributed by atoms with Crippen LogP contribution in [-0.4, -0.2) is 48.5 Å². The van der Waals surface area contributed by atoms with E-state index in [1.165, 1.54) is 18.2 Å². The van der Waals surface area contributed by atoms with Gasteiger partial charge in [0.05, 0.1) is 12.5 Å². The molecule has 6 heteroatoms. The summed E-state index contributed by atoms with van der Waals surface area (Å²) in [6, 6.07) is 3.52. The summed E-state index contributed by atoms with van der Waals surface area (Å²) in [6.45, 7) is 1.77. The average molecular weight is 284 g/mol. The van der Waals surface area contributed by atoms with Gasteiger partial charge in [0.15, 0.2) is 0 Å². The van der Waals surface area contributed by atoms with Gasteiger partial charge >= 0.3 is 0 Å². The molecular weight excluding hydrogens is 266 g/mol. The van der Waals surface area contributed by atoms with Crippen molar-refractivity contribution in [1.29, 1.82) is 0 Å². The van der Waals surface area contributed by atoms with Crippen molar-refractivity contribution in [2.45, 2.75) is 19.3 Å². The average Bonchev–Trinajstić information content (AvgIpc) is 2.41. The van der Waals surface area contributed by atoms with E-state index in [1.54, 1.807) is 19.1 Å². The smallest absolute Gasteiger partial charge is 0.272 e. The molecule has 4 nitrogen and oxygen atoms in total. The molecule has 20 heavy (non-hydrogen) atoms. The van der Waals surface area contributed by atoms with Crippen molar-refractivity contribution in [1.82, 2.24) is 9.88 Å². The lowest BCUT2D eigenvalue weighted by molar-refractivity contribution is -0.118. The Morgan fingerprint density at radius 1 is 1.60 bits per heavy atom. The maximum atomic E-state index is 13.7. The third-order valence-electron chi connectivity index (χ3n) is 3.62. The van der Waals surface area contributed by atoms with Crippen molar-refractivity contribution in [3.05, 3.63) is 29.6 Å². The van der Waals surface area contributed by atoms with E-state index in [9.17, 15) is 13.6 Å². The van der Waals surface area contributed by atoms with Crippen LogP contribution >= 0.6 is 0 Å². The summed E-state index contributed by atoms with van der Waals surface area (Å²) in [5.74, 6) is -4.04. The number of amides is 1. The zero-order valence-electron chi connectivity index (χ0n) is 11.6. The van der Waals surface area contributed by atoms with Crippen LogP contribution in [0.25, 0.3) is 0 Å². The van der Waals surface area contributed by atoms with Crippen LogP contribution in [0.5, 0.6) is 0 Å². The predicted molar refractivity (Wildman–Crippen MR) is 69.8 cm³/mol. The van der Waals surface area contributed by atoms with Gasteiger partial charge in [0.2, 0.25) is 0 Å². The van der Waals surface area contributed by atoms with Crippen molar-refractivity contribution in [2.75, 3.05) is 26.8 Å². The molecule has 1 aliphatic rings. The Morgan fingerprint density at radius 2 is 2.35 bits per heavy atom. The zero-order valence-corrected chi connectivity index (χ0v) is 11.6. The number of rotatable bonds is 3. The minimum absolute atomic E-state index is 0.00428. The van der Waals surface area contributed by atoms with Crippen molar-refractivity contribution < 1.29 is 18.3 Å². The highest BCUT2D eigenvalue weighted by atomic mass is 19.3. The van der Waals surface area contributed by atoms with Gasteiger partial charge in [0.1, 0.15) is 5.69 Å². The van der Waals surface area contributed by atoms with Crippen LogP contribution in [0, 0.1) is 12.8 Å². The Labute approximate surface area is 116 Å². The minimum atomic E-state index is -2.79. The normalized spacial score (nSPS) is 21.8. The molecule has 1 saturated heterocycles. The Hall–Kier alpha value is -1.56. The molecule has 110 valence electrons. The fraction of sp³-hybridized carbons (Fsp3) is 0.571. The van der Waals surface area contributed by atoms with Crippen LogP contribution in [0.15, 0.2) is 18.3 Å². The molecule has 1 unspecified atom stereocenters. The molecule has 1 fully saturated rings. The third-order valence-corrected chi connectivity index (χ3v) is 3.62. The number of nitrogens with zero attached hydrogens (tertiary/aromatic N) is 2. The van der Waals surface area contributed by atoms with Crippen LogP contribution in [0.2, 0.25) is 0 Å². The lowest BCUT2D eigenvalue weighted by Gasteiger charge is -2.38. The van der Waals surface area contributed by atoms with Gasteiger partial charge in [-0.3, -0.25) is 9.78 Å². The molecule has 0 bridgehead atoms. The third kappa shape index (κ3) is 2.95. The van der Waals surface area contributed by atoms with E-state index in [0.717, 1.165) is 5.56 Å². The molecule has 0 aliphatic carbocycles. The number of likely N-dealkylation sites (tertiary alicyclic amines) is 1. The first-order valence-electron chi connectivity index (χ1n) is 6.53. The fourth-order valence-corrected chi connectivity index (χ4v) is 2.40. The standard InChI is InChI=1S/C14H18F2N2O2/c1-10-4-3-6-17-12(10)13(19)18-7-5-14(15,16)11(8-18)9-20-2/h3-4,6,11H,5,7-9H2,1-2H3. The summed E-state index contributed by atoms with van der Waals surface area (Å²) in [5.41, 5.74) is 1.08. The van der Waals surface area contributed by atoms with E-state index in [0.29, 0.717) is 5.69 Å². The second-order valence-electron chi connectivity index (χ2n) is 5.08. The first-order chi connectivity index (χ1) is 9.45. The molecule has 0 N–H and O–H groups in total. The molecule has 0 spiro atoms. The van der Waals surface area contributed by atoms with Gasteiger partial charge in [-0.25, -0.2) is 8.78 Å². The quantitative estimate of drug-likeness (QED) is 0.854. The zero-order chi connectivity index (χ0) is 14.8. The second-order valence-corrected chi connectivity index (χ2v) is 5.08. The number of piperidine rings is 1. The number of ether oxygens (including phenoxy) is 1. The number of hydrogen-bond acceptors (Lipinski definition) is 3. The number of pyridine rings is 1. The number of carbonyl (C=O) groups excluding carboxylic acids is 1. The van der Waals surface area contributed by atoms with Crippen LogP contribution < -0.4 is 0 Å². The summed E-state index contributed by atoms with van der Waals surface area (Å²) >= 11 is 0. The second kappa shape index (κ2) is 5.83. The summed E-state index contributed by atoms with van der Waals surface area (Å²) in [6.07, 6.45) is 1.20. The highest BCUT2D eigenvalue weighted by Gasteiger charge is 2.45. The molecule has 0 aromatic carbocycles. The largest absolute Gasteiger partial charge is 0.384 e. The van der Waals surface area contributed by atoms with Gasteiger partial charge in [0, 0.05) is 32.8 Å². The molecule has 1 aliphatic heterocycles. The maximum Gasteiger partial charge on any atom is 0.272 e. The first-order valence-corrected chi connectivity index (χ1v) is 6.53. The number of aromatic nitrogens is 1. The lowest BCUT2D eigenvalue weighted by atomic mass is 9.94. The molecule has 0 saturated carbocycles. The highest BCUT2D eigenvalue weighted by molar-refractivity contribution is 5.93. The molecule has 2 rings (SSSR count). The number of halogens is 2. The molecule has 2 heterocycles. The Kier molecular flexibility index (Phi) is 4.32. The van der Waals surface area contributed by atoms with Crippen LogP contribution in [-0.2, 0) is 4.74 Å². The number of aryl methyl sites for hydroxylation is 1. The number of alkyl halides is 2. The summed E-state index contributed by atoms with van der Waals surface area (Å²) in [5, 5.41) is 0. The van der Waals surface area contributed by atoms with Crippen LogP contribution in [0.3, 0.4) is 0 Å². The summed E-state index contributed by atoms with van der Waals surface area (Å²) in [7, 11) is 1.39. The van der Waals surface area contributed by atoms with Gasteiger partial charge in [0.25, 0.3) is 11.8 Å². The monoisotopic (exact) mass is 284 g/mol. The number of carbonyl (C=O) groups is 1. The van der Waals surface area contributed by atoms with E-state index < -0.39 is 11.8 Å². The topological polar surface area (TPSA) is 42.4 Å². The molecule has 0 radical (unpaired) electrons. The first kappa shape index (κ1) is 14.8. The van der Waals surface area contributed by atoms with E-state index in [1.807, 2.05) is 0 Å². The van der Waals surface area contributed by atoms with E-state index in [2.05, 4.69) is 4.98 Å². The maximum absolute atomic E-state index is 13.7. The number of methoxy groups -OCH3 is 1. The fourth-order valence-electron chi connectivity index (χ4n) is 2.40. The van der Waals surface area contributed by atoms with Crippen LogP contribution in [0.1, 0.15) is 22.5 Å². The Bertz CT molecular complexity index is 494. The van der Waals surface area contributed by atoms with Crippen molar-refractivity contribution in [2.24, 2.45) is 5.92 Å². The van der Waals surface area contributed by atoms with E-state index in [4.69, 9.17) is 4.74 Å². The Morgan fingerprint density at radius 3 is 3.00 bits per heavy atom. The van der Waals surface area contributed by atoms with Crippen LogP contribution in [0.4, 0.5) is 8.78 Å². The lowest BCUT2D eigenvalue weighted by Crippen LogP contribution is -2.51. The molecule has 1 aromatic heterocycles. The molecule has 1 aromatic rings. The van der Waals surface area contributed by atoms with Crippen molar-refractivity contribution in [3.63, 3.8) is 0 Å². The van der Waals surface area contributed by atoms with Gasteiger partial charge in [-0.05, 0) is 18.6 Å². The predicted octanol–water partition coefficient (Wildman–Crippen LogP) is 2.13. The molecule has 1 amide bonds. The van der Waals surface area contributed by atoms with Gasteiger partial charge in [-0.1, -0.05) is 6.07 Å². The van der Waals surface area contributed by atoms with Gasteiger partial charge in [-0.2, -0.15) is 0 Å². The van der Waals surface area contributed by atoms with Gasteiger partial charge < -0.3 is 9.64 Å². The van der Waals surface area contributed by atoms with Gasteiger partial charge in [-0.15, -0.1) is 0 Å². The van der Waals surface area contributed by atoms with E-state index in [-0.39, 0.29) is 32.0 Å². The summed E-state index contributed by atoms with van der Waals surface area (Å²) in [4.78, 5) is 17.9. The number of hydrogen-bond donors (Lipinski definition) is 0. The summed E-state index contributed by atoms with van der Waals surface area (Å²) < 4.78 is 32.3.